The highest BCUT2D eigenvalue weighted by atomic mass is 16.6. The zero-order valence-electron chi connectivity index (χ0n) is 10.5. The van der Waals surface area contributed by atoms with Crippen molar-refractivity contribution in [3.63, 3.8) is 0 Å². The Morgan fingerprint density at radius 1 is 1.25 bits per heavy atom. The third kappa shape index (κ3) is 3.19. The van der Waals surface area contributed by atoms with Crippen molar-refractivity contribution in [3.05, 3.63) is 0 Å². The SMILES string of the molecule is CNCC1(OC2CCOC2)CCCCCC1. The molecule has 94 valence electrons. The van der Waals surface area contributed by atoms with Gasteiger partial charge in [0, 0.05) is 13.2 Å². The molecule has 0 amide bonds. The van der Waals surface area contributed by atoms with Crippen molar-refractivity contribution in [1.29, 1.82) is 0 Å². The molecule has 2 fully saturated rings. The zero-order valence-corrected chi connectivity index (χ0v) is 10.5. The van der Waals surface area contributed by atoms with Gasteiger partial charge in [-0.25, -0.2) is 0 Å². The van der Waals surface area contributed by atoms with Gasteiger partial charge >= 0.3 is 0 Å². The Morgan fingerprint density at radius 3 is 2.56 bits per heavy atom. The van der Waals surface area contributed by atoms with Crippen LogP contribution < -0.4 is 5.32 Å². The zero-order chi connectivity index (χ0) is 11.3. The Labute approximate surface area is 98.9 Å². The average Bonchev–Trinajstić information content (AvgIpc) is 2.66. The average molecular weight is 227 g/mol. The van der Waals surface area contributed by atoms with Gasteiger partial charge in [-0.15, -0.1) is 0 Å². The maximum Gasteiger partial charge on any atom is 0.0838 e. The normalized spacial score (nSPS) is 30.2. The van der Waals surface area contributed by atoms with Crippen LogP contribution >= 0.6 is 0 Å². The van der Waals surface area contributed by atoms with Crippen LogP contribution in [0.2, 0.25) is 0 Å². The van der Waals surface area contributed by atoms with Gasteiger partial charge in [0.1, 0.15) is 0 Å². The summed E-state index contributed by atoms with van der Waals surface area (Å²) in [7, 11) is 2.03. The lowest BCUT2D eigenvalue weighted by Crippen LogP contribution is -2.44. The van der Waals surface area contributed by atoms with Gasteiger partial charge in [0.05, 0.1) is 18.3 Å². The van der Waals surface area contributed by atoms with Crippen LogP contribution in [0.15, 0.2) is 0 Å². The number of likely N-dealkylation sites (N-methyl/N-ethyl adjacent to an activating group) is 1. The molecule has 3 nitrogen and oxygen atoms in total. The molecule has 1 heterocycles. The van der Waals surface area contributed by atoms with E-state index >= 15 is 0 Å². The molecule has 0 aromatic heterocycles. The summed E-state index contributed by atoms with van der Waals surface area (Å²) in [5, 5.41) is 3.31. The molecule has 3 heteroatoms. The number of nitrogens with one attached hydrogen (secondary N) is 1. The number of rotatable bonds is 4. The van der Waals surface area contributed by atoms with Crippen LogP contribution in [-0.2, 0) is 9.47 Å². The minimum Gasteiger partial charge on any atom is -0.379 e. The maximum atomic E-state index is 6.37. The monoisotopic (exact) mass is 227 g/mol. The molecular weight excluding hydrogens is 202 g/mol. The second-order valence-electron chi connectivity index (χ2n) is 5.23. The lowest BCUT2D eigenvalue weighted by Gasteiger charge is -2.35. The fraction of sp³-hybridized carbons (Fsp3) is 1.00. The molecule has 0 aromatic rings. The second kappa shape index (κ2) is 5.99. The van der Waals surface area contributed by atoms with Gasteiger partial charge in [0.25, 0.3) is 0 Å². The Hall–Kier alpha value is -0.120. The van der Waals surface area contributed by atoms with Crippen LogP contribution in [0.1, 0.15) is 44.9 Å². The quantitative estimate of drug-likeness (QED) is 0.746. The Kier molecular flexibility index (Phi) is 4.62. The van der Waals surface area contributed by atoms with Crippen LogP contribution in [0.5, 0.6) is 0 Å². The third-order valence-corrected chi connectivity index (χ3v) is 3.82. The molecule has 0 radical (unpaired) electrons. The van der Waals surface area contributed by atoms with E-state index in [0.717, 1.165) is 26.2 Å². The fourth-order valence-electron chi connectivity index (χ4n) is 2.99. The highest BCUT2D eigenvalue weighted by Gasteiger charge is 2.34. The Morgan fingerprint density at radius 2 is 2.00 bits per heavy atom. The van der Waals surface area contributed by atoms with Crippen molar-refractivity contribution in [2.45, 2.75) is 56.7 Å². The molecule has 0 bridgehead atoms. The lowest BCUT2D eigenvalue weighted by molar-refractivity contribution is -0.100. The molecule has 16 heavy (non-hydrogen) atoms. The van der Waals surface area contributed by atoms with E-state index in [2.05, 4.69) is 5.32 Å². The van der Waals surface area contributed by atoms with Gasteiger partial charge in [0.15, 0.2) is 0 Å². The molecule has 0 spiro atoms. The molecular formula is C13H25NO2. The highest BCUT2D eigenvalue weighted by Crippen LogP contribution is 2.32. The first-order valence-corrected chi connectivity index (χ1v) is 6.75. The summed E-state index contributed by atoms with van der Waals surface area (Å²) in [5.41, 5.74) is 0.0869. The van der Waals surface area contributed by atoms with E-state index < -0.39 is 0 Å². The molecule has 2 aliphatic rings. The molecule has 1 saturated carbocycles. The summed E-state index contributed by atoms with van der Waals surface area (Å²) in [4.78, 5) is 0. The summed E-state index contributed by atoms with van der Waals surface area (Å²) >= 11 is 0. The van der Waals surface area contributed by atoms with E-state index in [1.165, 1.54) is 38.5 Å². The van der Waals surface area contributed by atoms with Gasteiger partial charge < -0.3 is 14.8 Å². The number of hydrogen-bond acceptors (Lipinski definition) is 3. The number of ether oxygens (including phenoxy) is 2. The predicted molar refractivity (Wildman–Crippen MR) is 64.7 cm³/mol. The van der Waals surface area contributed by atoms with Crippen LogP contribution in [0.3, 0.4) is 0 Å². The molecule has 1 aliphatic heterocycles. The highest BCUT2D eigenvalue weighted by molar-refractivity contribution is 4.87. The van der Waals surface area contributed by atoms with E-state index in [4.69, 9.17) is 9.47 Å². The van der Waals surface area contributed by atoms with Crippen molar-refractivity contribution < 1.29 is 9.47 Å². The molecule has 2 rings (SSSR count). The topological polar surface area (TPSA) is 30.5 Å². The largest absolute Gasteiger partial charge is 0.379 e. The van der Waals surface area contributed by atoms with Gasteiger partial charge in [-0.2, -0.15) is 0 Å². The summed E-state index contributed by atoms with van der Waals surface area (Å²) in [6.07, 6.45) is 9.21. The standard InChI is InChI=1S/C13H25NO2/c1-14-11-13(7-4-2-3-5-8-13)16-12-6-9-15-10-12/h12,14H,2-11H2,1H3. The molecule has 1 unspecified atom stereocenters. The first-order valence-electron chi connectivity index (χ1n) is 6.75. The van der Waals surface area contributed by atoms with Crippen molar-refractivity contribution in [2.75, 3.05) is 26.8 Å². The molecule has 1 aliphatic carbocycles. The van der Waals surface area contributed by atoms with Gasteiger partial charge in [-0.05, 0) is 26.3 Å². The maximum absolute atomic E-state index is 6.37. The minimum atomic E-state index is 0.0869. The van der Waals surface area contributed by atoms with Crippen molar-refractivity contribution in [1.82, 2.24) is 5.32 Å². The first-order chi connectivity index (χ1) is 7.85. The van der Waals surface area contributed by atoms with Crippen LogP contribution in [0.25, 0.3) is 0 Å². The molecule has 1 atom stereocenters. The molecule has 1 N–H and O–H groups in total. The minimum absolute atomic E-state index is 0.0869. The van der Waals surface area contributed by atoms with E-state index in [0.29, 0.717) is 6.10 Å². The lowest BCUT2D eigenvalue weighted by atomic mass is 9.93. The summed E-state index contributed by atoms with van der Waals surface area (Å²) < 4.78 is 11.8. The van der Waals surface area contributed by atoms with Gasteiger partial charge in [-0.3, -0.25) is 0 Å². The van der Waals surface area contributed by atoms with E-state index in [-0.39, 0.29) is 5.60 Å². The van der Waals surface area contributed by atoms with Crippen LogP contribution in [0.4, 0.5) is 0 Å². The van der Waals surface area contributed by atoms with Crippen LogP contribution in [0, 0.1) is 0 Å². The van der Waals surface area contributed by atoms with E-state index in [1.807, 2.05) is 7.05 Å². The molecule has 1 saturated heterocycles. The predicted octanol–water partition coefficient (Wildman–Crippen LogP) is 2.10. The van der Waals surface area contributed by atoms with Crippen molar-refractivity contribution in [2.24, 2.45) is 0 Å². The second-order valence-corrected chi connectivity index (χ2v) is 5.23. The van der Waals surface area contributed by atoms with E-state index in [9.17, 15) is 0 Å². The van der Waals surface area contributed by atoms with Crippen molar-refractivity contribution >= 4 is 0 Å². The summed E-state index contributed by atoms with van der Waals surface area (Å²) in [5.74, 6) is 0. The smallest absolute Gasteiger partial charge is 0.0838 e. The van der Waals surface area contributed by atoms with Gasteiger partial charge in [0.2, 0.25) is 0 Å². The van der Waals surface area contributed by atoms with Crippen LogP contribution in [-0.4, -0.2) is 38.5 Å². The van der Waals surface area contributed by atoms with E-state index in [1.54, 1.807) is 0 Å². The molecule has 0 aromatic carbocycles. The fourth-order valence-corrected chi connectivity index (χ4v) is 2.99. The Balaban J connectivity index is 1.94. The van der Waals surface area contributed by atoms with Crippen molar-refractivity contribution in [3.8, 4) is 0 Å². The number of hydrogen-bond donors (Lipinski definition) is 1. The third-order valence-electron chi connectivity index (χ3n) is 3.82. The Bertz CT molecular complexity index is 194. The summed E-state index contributed by atoms with van der Waals surface area (Å²) in [6.45, 7) is 2.66. The van der Waals surface area contributed by atoms with Gasteiger partial charge in [-0.1, -0.05) is 25.7 Å². The first kappa shape index (κ1) is 12.3. The summed E-state index contributed by atoms with van der Waals surface area (Å²) in [6, 6.07) is 0.